The van der Waals surface area contributed by atoms with E-state index in [4.69, 9.17) is 28.3 Å². The number of hydrogen-bond acceptors (Lipinski definition) is 2. The number of likely N-dealkylation sites (tertiary alicyclic amines) is 1. The number of amides is 1. The number of halogens is 3. The Kier molecular flexibility index (Phi) is 3.81. The van der Waals surface area contributed by atoms with Crippen molar-refractivity contribution < 1.29 is 19.1 Å². The van der Waals surface area contributed by atoms with Gasteiger partial charge in [0, 0.05) is 28.9 Å². The molecule has 2 aliphatic rings. The van der Waals surface area contributed by atoms with E-state index >= 15 is 0 Å². The number of hydrogen-bond donors (Lipinski definition) is 1. The van der Waals surface area contributed by atoms with Crippen LogP contribution in [-0.4, -0.2) is 40.6 Å². The maximum atomic E-state index is 14.0. The van der Waals surface area contributed by atoms with E-state index in [1.807, 2.05) is 0 Å². The molecule has 1 N–H and O–H groups in total. The van der Waals surface area contributed by atoms with E-state index in [9.17, 15) is 14.0 Å². The lowest BCUT2D eigenvalue weighted by Crippen LogP contribution is -2.39. The Balaban J connectivity index is 1.68. The molecule has 0 aromatic heterocycles. The van der Waals surface area contributed by atoms with Gasteiger partial charge in [-0.05, 0) is 36.1 Å². The van der Waals surface area contributed by atoms with E-state index in [2.05, 4.69) is 0 Å². The molecule has 3 unspecified atom stereocenters. The highest BCUT2D eigenvalue weighted by molar-refractivity contribution is 6.34. The first-order valence-corrected chi connectivity index (χ1v) is 7.73. The van der Waals surface area contributed by atoms with Crippen molar-refractivity contribution >= 4 is 35.1 Å². The highest BCUT2D eigenvalue weighted by Gasteiger charge is 2.52. The van der Waals surface area contributed by atoms with E-state index < -0.39 is 11.6 Å². The van der Waals surface area contributed by atoms with Crippen LogP contribution in [0.1, 0.15) is 24.3 Å². The van der Waals surface area contributed by atoms with Crippen LogP contribution in [0.2, 0.25) is 10.0 Å². The largest absolute Gasteiger partial charge is 0.479 e. The molecule has 3 rings (SSSR count). The van der Waals surface area contributed by atoms with Gasteiger partial charge in [0.15, 0.2) is 0 Å². The van der Waals surface area contributed by atoms with Gasteiger partial charge in [-0.15, -0.1) is 0 Å². The molecule has 118 valence electrons. The van der Waals surface area contributed by atoms with Gasteiger partial charge in [-0.1, -0.05) is 23.2 Å². The predicted molar refractivity (Wildman–Crippen MR) is 80.0 cm³/mol. The summed E-state index contributed by atoms with van der Waals surface area (Å²) in [6, 6.07) is 5.16. The van der Waals surface area contributed by atoms with Gasteiger partial charge < -0.3 is 10.0 Å². The van der Waals surface area contributed by atoms with Gasteiger partial charge in [0.1, 0.15) is 0 Å². The predicted octanol–water partition coefficient (Wildman–Crippen LogP) is 3.12. The van der Waals surface area contributed by atoms with E-state index in [0.717, 1.165) is 5.56 Å². The minimum absolute atomic E-state index is 0.0168. The summed E-state index contributed by atoms with van der Waals surface area (Å²) >= 11 is 11.9. The summed E-state index contributed by atoms with van der Waals surface area (Å²) in [7, 11) is 0. The summed E-state index contributed by atoms with van der Waals surface area (Å²) in [4.78, 5) is 24.6. The molecule has 1 aliphatic heterocycles. The lowest BCUT2D eigenvalue weighted by molar-refractivity contribution is -0.150. The zero-order chi connectivity index (χ0) is 16.1. The average molecular weight is 346 g/mol. The Morgan fingerprint density at radius 2 is 1.91 bits per heavy atom. The van der Waals surface area contributed by atoms with E-state index in [-0.39, 0.29) is 37.3 Å². The van der Waals surface area contributed by atoms with Crippen molar-refractivity contribution in [1.82, 2.24) is 4.90 Å². The van der Waals surface area contributed by atoms with Gasteiger partial charge >= 0.3 is 5.97 Å². The van der Waals surface area contributed by atoms with Crippen molar-refractivity contribution in [3.05, 3.63) is 33.8 Å². The summed E-state index contributed by atoms with van der Waals surface area (Å²) < 4.78 is 14.0. The van der Waals surface area contributed by atoms with Crippen LogP contribution in [0.4, 0.5) is 4.39 Å². The smallest absolute Gasteiger partial charge is 0.343 e. The van der Waals surface area contributed by atoms with Crippen molar-refractivity contribution in [2.45, 2.75) is 24.4 Å². The molecule has 1 aliphatic carbocycles. The molecule has 1 heterocycles. The molecule has 4 nitrogen and oxygen atoms in total. The van der Waals surface area contributed by atoms with Crippen molar-refractivity contribution in [3.63, 3.8) is 0 Å². The Labute approximate surface area is 136 Å². The van der Waals surface area contributed by atoms with Gasteiger partial charge in [0.25, 0.3) is 0 Å². The Bertz CT molecular complexity index is 633. The fourth-order valence-corrected chi connectivity index (χ4v) is 3.54. The first kappa shape index (κ1) is 15.6. The number of nitrogens with zero attached hydrogens (tertiary/aromatic N) is 1. The molecule has 7 heteroatoms. The Morgan fingerprint density at radius 1 is 1.27 bits per heavy atom. The van der Waals surface area contributed by atoms with Gasteiger partial charge in [0.2, 0.25) is 11.6 Å². The number of alkyl halides is 1. The van der Waals surface area contributed by atoms with E-state index in [1.165, 1.54) is 4.90 Å². The fourth-order valence-electron chi connectivity index (χ4n) is 3.00. The van der Waals surface area contributed by atoms with Crippen molar-refractivity contribution in [3.8, 4) is 0 Å². The molecule has 1 aromatic rings. The number of carbonyl (C=O) groups excluding carboxylic acids is 1. The zero-order valence-corrected chi connectivity index (χ0v) is 13.1. The minimum atomic E-state index is -2.32. The fraction of sp³-hybridized carbons (Fsp3) is 0.467. The lowest BCUT2D eigenvalue weighted by atomic mass is 10.1. The van der Waals surface area contributed by atoms with Gasteiger partial charge in [-0.2, -0.15) is 0 Å². The molecule has 0 bridgehead atoms. The lowest BCUT2D eigenvalue weighted by Gasteiger charge is -2.17. The van der Waals surface area contributed by atoms with Gasteiger partial charge in [0.05, 0.1) is 6.54 Å². The number of carboxylic acids is 1. The summed E-state index contributed by atoms with van der Waals surface area (Å²) in [6.45, 7) is -0.234. The minimum Gasteiger partial charge on any atom is -0.479 e. The topological polar surface area (TPSA) is 57.6 Å². The summed E-state index contributed by atoms with van der Waals surface area (Å²) in [6.07, 6.45) is 0.493. The molecule has 3 atom stereocenters. The number of carbonyl (C=O) groups is 2. The summed E-state index contributed by atoms with van der Waals surface area (Å²) in [5.41, 5.74) is -1.43. The van der Waals surface area contributed by atoms with E-state index in [0.29, 0.717) is 16.5 Å². The maximum absolute atomic E-state index is 14.0. The second-order valence-electron chi connectivity index (χ2n) is 5.93. The van der Waals surface area contributed by atoms with Crippen molar-refractivity contribution in [1.29, 1.82) is 0 Å². The number of rotatable bonds is 3. The number of aliphatic carboxylic acids is 1. The average Bonchev–Trinajstić information content (AvgIpc) is 3.13. The molecule has 22 heavy (non-hydrogen) atoms. The highest BCUT2D eigenvalue weighted by Crippen LogP contribution is 2.50. The van der Waals surface area contributed by atoms with Crippen LogP contribution in [0.15, 0.2) is 18.2 Å². The second-order valence-corrected chi connectivity index (χ2v) is 6.80. The summed E-state index contributed by atoms with van der Waals surface area (Å²) in [5.74, 6) is -1.92. The Morgan fingerprint density at radius 3 is 2.45 bits per heavy atom. The van der Waals surface area contributed by atoms with Crippen LogP contribution in [0.25, 0.3) is 0 Å². The first-order valence-electron chi connectivity index (χ1n) is 6.97. The summed E-state index contributed by atoms with van der Waals surface area (Å²) in [5, 5.41) is 9.89. The SMILES string of the molecule is O=C(C1CC1c1cc(Cl)cc(Cl)c1)N1CCC(F)(C(=O)O)C1. The molecular weight excluding hydrogens is 332 g/mol. The molecule has 1 saturated heterocycles. The monoisotopic (exact) mass is 345 g/mol. The molecule has 2 fully saturated rings. The van der Waals surface area contributed by atoms with Crippen LogP contribution in [0, 0.1) is 5.92 Å². The molecule has 0 radical (unpaired) electrons. The molecule has 0 spiro atoms. The zero-order valence-electron chi connectivity index (χ0n) is 11.6. The first-order chi connectivity index (χ1) is 10.3. The van der Waals surface area contributed by atoms with Crippen LogP contribution >= 0.6 is 23.2 Å². The third kappa shape index (κ3) is 2.79. The molecule has 1 amide bonds. The third-order valence-electron chi connectivity index (χ3n) is 4.34. The highest BCUT2D eigenvalue weighted by atomic mass is 35.5. The van der Waals surface area contributed by atoms with Crippen LogP contribution < -0.4 is 0 Å². The van der Waals surface area contributed by atoms with Crippen molar-refractivity contribution in [2.75, 3.05) is 13.1 Å². The van der Waals surface area contributed by atoms with Crippen LogP contribution in [0.5, 0.6) is 0 Å². The molecule has 1 saturated carbocycles. The number of carboxylic acid groups (broad SMARTS) is 1. The third-order valence-corrected chi connectivity index (χ3v) is 4.77. The molecular formula is C15H14Cl2FNO3. The Hall–Kier alpha value is -1.33. The van der Waals surface area contributed by atoms with E-state index in [1.54, 1.807) is 18.2 Å². The van der Waals surface area contributed by atoms with Crippen LogP contribution in [-0.2, 0) is 9.59 Å². The normalized spacial score (nSPS) is 30.4. The quantitative estimate of drug-likeness (QED) is 0.915. The molecule has 1 aromatic carbocycles. The van der Waals surface area contributed by atoms with Crippen LogP contribution in [0.3, 0.4) is 0 Å². The second kappa shape index (κ2) is 5.39. The van der Waals surface area contributed by atoms with Gasteiger partial charge in [-0.25, -0.2) is 9.18 Å². The maximum Gasteiger partial charge on any atom is 0.343 e. The van der Waals surface area contributed by atoms with Crippen molar-refractivity contribution in [2.24, 2.45) is 5.92 Å². The number of benzene rings is 1. The van der Waals surface area contributed by atoms with Gasteiger partial charge in [-0.3, -0.25) is 4.79 Å². The standard InChI is InChI=1S/C15H14Cl2FNO3/c16-9-3-8(4-10(17)5-9)11-6-12(11)13(20)19-2-1-15(18,7-19)14(21)22/h3-5,11-12H,1-2,6-7H2,(H,21,22).